The van der Waals surface area contributed by atoms with Gasteiger partial charge >= 0.3 is 0 Å². The van der Waals surface area contributed by atoms with Crippen LogP contribution in [0.2, 0.25) is 0 Å². The van der Waals surface area contributed by atoms with Crippen LogP contribution in [0.3, 0.4) is 0 Å². The molecule has 0 saturated carbocycles. The highest BCUT2D eigenvalue weighted by atomic mass is 16.3. The van der Waals surface area contributed by atoms with E-state index in [2.05, 4.69) is 17.6 Å². The minimum Gasteiger partial charge on any atom is -0.508 e. The van der Waals surface area contributed by atoms with E-state index in [1.54, 1.807) is 12.1 Å². The minimum absolute atomic E-state index is 0.0854. The molecule has 0 bridgehead atoms. The first-order valence-electron chi connectivity index (χ1n) is 7.01. The van der Waals surface area contributed by atoms with Crippen molar-refractivity contribution in [3.63, 3.8) is 0 Å². The Labute approximate surface area is 124 Å². The van der Waals surface area contributed by atoms with E-state index >= 15 is 0 Å². The normalized spacial score (nSPS) is 11.7. The van der Waals surface area contributed by atoms with Gasteiger partial charge < -0.3 is 15.7 Å². The molecule has 4 heteroatoms. The number of benzene rings is 2. The molecule has 0 heterocycles. The number of phenolic OH excluding ortho intramolecular Hbond substituents is 1. The Bertz CT molecular complexity index is 608. The molecule has 0 aromatic heterocycles. The Morgan fingerprint density at radius 3 is 2.43 bits per heavy atom. The molecule has 0 aliphatic heterocycles. The number of carbonyl (C=O) groups is 1. The Morgan fingerprint density at radius 1 is 1.14 bits per heavy atom. The zero-order valence-electron chi connectivity index (χ0n) is 12.3. The first-order chi connectivity index (χ1) is 10.1. The number of hydrogen-bond donors (Lipinski definition) is 3. The molecule has 3 N–H and O–H groups in total. The monoisotopic (exact) mass is 284 g/mol. The van der Waals surface area contributed by atoms with Crippen LogP contribution in [0, 0.1) is 0 Å². The maximum absolute atomic E-state index is 11.1. The fraction of sp³-hybridized carbons (Fsp3) is 0.235. The van der Waals surface area contributed by atoms with Crippen LogP contribution < -0.4 is 10.6 Å². The molecule has 1 atom stereocenters. The van der Waals surface area contributed by atoms with Crippen molar-refractivity contribution in [2.24, 2.45) is 0 Å². The molecule has 4 nitrogen and oxygen atoms in total. The van der Waals surface area contributed by atoms with E-state index in [4.69, 9.17) is 0 Å². The van der Waals surface area contributed by atoms with Gasteiger partial charge in [0, 0.05) is 18.3 Å². The van der Waals surface area contributed by atoms with Crippen LogP contribution in [-0.4, -0.2) is 11.0 Å². The summed E-state index contributed by atoms with van der Waals surface area (Å²) in [5.74, 6) is 0.180. The summed E-state index contributed by atoms with van der Waals surface area (Å²) in [6.07, 6.45) is 0.912. The minimum atomic E-state index is -0.0854. The lowest BCUT2D eigenvalue weighted by Gasteiger charge is -2.19. The summed E-state index contributed by atoms with van der Waals surface area (Å²) in [4.78, 5) is 11.1. The fourth-order valence-electron chi connectivity index (χ4n) is 2.22. The molecule has 2 aromatic carbocycles. The number of carbonyl (C=O) groups excluding carboxylic acids is 1. The third-order valence-corrected chi connectivity index (χ3v) is 3.23. The van der Waals surface area contributed by atoms with Crippen LogP contribution in [0.15, 0.2) is 48.5 Å². The Balaban J connectivity index is 2.14. The zero-order valence-corrected chi connectivity index (χ0v) is 12.3. The first kappa shape index (κ1) is 14.9. The molecule has 0 radical (unpaired) electrons. The molecule has 2 aromatic rings. The van der Waals surface area contributed by atoms with Gasteiger partial charge in [0.25, 0.3) is 0 Å². The fourth-order valence-corrected chi connectivity index (χ4v) is 2.22. The van der Waals surface area contributed by atoms with Crippen LogP contribution in [0.4, 0.5) is 11.4 Å². The van der Waals surface area contributed by atoms with E-state index in [9.17, 15) is 9.90 Å². The number of aromatic hydroxyl groups is 1. The maximum Gasteiger partial charge on any atom is 0.221 e. The second-order valence-electron chi connectivity index (χ2n) is 4.96. The number of hydrogen-bond acceptors (Lipinski definition) is 3. The van der Waals surface area contributed by atoms with Crippen molar-refractivity contribution < 1.29 is 9.90 Å². The van der Waals surface area contributed by atoms with Crippen molar-refractivity contribution in [1.29, 1.82) is 0 Å². The van der Waals surface area contributed by atoms with Gasteiger partial charge in [-0.3, -0.25) is 4.79 Å². The standard InChI is InChI=1S/C17H20N2O2/c1-3-17(13-7-9-16(21)10-8-13)19-15-6-4-5-14(11-15)18-12(2)20/h4-11,17,19,21H,3H2,1-2H3,(H,18,20). The van der Waals surface area contributed by atoms with Gasteiger partial charge in [0.1, 0.15) is 5.75 Å². The molecule has 2 rings (SSSR count). The summed E-state index contributed by atoms with van der Waals surface area (Å²) >= 11 is 0. The highest BCUT2D eigenvalue weighted by Crippen LogP contribution is 2.25. The van der Waals surface area contributed by atoms with Gasteiger partial charge in [-0.15, -0.1) is 0 Å². The summed E-state index contributed by atoms with van der Waals surface area (Å²) in [6.45, 7) is 3.59. The van der Waals surface area contributed by atoms with Gasteiger partial charge in [-0.1, -0.05) is 25.1 Å². The summed E-state index contributed by atoms with van der Waals surface area (Å²) < 4.78 is 0. The summed E-state index contributed by atoms with van der Waals surface area (Å²) in [7, 11) is 0. The summed E-state index contributed by atoms with van der Waals surface area (Å²) in [5.41, 5.74) is 2.83. The average molecular weight is 284 g/mol. The van der Waals surface area contributed by atoms with E-state index in [0.717, 1.165) is 23.4 Å². The molecule has 0 aliphatic carbocycles. The topological polar surface area (TPSA) is 61.4 Å². The smallest absolute Gasteiger partial charge is 0.221 e. The van der Waals surface area contributed by atoms with Crippen molar-refractivity contribution >= 4 is 17.3 Å². The van der Waals surface area contributed by atoms with Gasteiger partial charge in [-0.2, -0.15) is 0 Å². The molecule has 1 unspecified atom stereocenters. The number of phenols is 1. The van der Waals surface area contributed by atoms with Crippen LogP contribution in [-0.2, 0) is 4.79 Å². The lowest BCUT2D eigenvalue weighted by molar-refractivity contribution is -0.114. The van der Waals surface area contributed by atoms with Gasteiger partial charge in [0.2, 0.25) is 5.91 Å². The molecule has 110 valence electrons. The second-order valence-corrected chi connectivity index (χ2v) is 4.96. The largest absolute Gasteiger partial charge is 0.508 e. The van der Waals surface area contributed by atoms with Crippen molar-refractivity contribution in [2.45, 2.75) is 26.3 Å². The highest BCUT2D eigenvalue weighted by molar-refractivity contribution is 5.89. The predicted molar refractivity (Wildman–Crippen MR) is 85.5 cm³/mol. The molecule has 21 heavy (non-hydrogen) atoms. The zero-order chi connectivity index (χ0) is 15.2. The van der Waals surface area contributed by atoms with Gasteiger partial charge in [-0.05, 0) is 42.3 Å². The predicted octanol–water partition coefficient (Wildman–Crippen LogP) is 3.91. The first-order valence-corrected chi connectivity index (χ1v) is 7.01. The van der Waals surface area contributed by atoms with Crippen LogP contribution >= 0.6 is 0 Å². The molecule has 0 aliphatic rings. The third kappa shape index (κ3) is 4.24. The Hall–Kier alpha value is -2.49. The molecule has 0 fully saturated rings. The van der Waals surface area contributed by atoms with Crippen LogP contribution in [0.5, 0.6) is 5.75 Å². The van der Waals surface area contributed by atoms with Crippen molar-refractivity contribution in [1.82, 2.24) is 0 Å². The quantitative estimate of drug-likeness (QED) is 0.780. The third-order valence-electron chi connectivity index (χ3n) is 3.23. The molecular weight excluding hydrogens is 264 g/mol. The SMILES string of the molecule is CCC(Nc1cccc(NC(C)=O)c1)c1ccc(O)cc1. The summed E-state index contributed by atoms with van der Waals surface area (Å²) in [5, 5.41) is 15.6. The lowest BCUT2D eigenvalue weighted by atomic mass is 10.0. The molecule has 0 spiro atoms. The van der Waals surface area contributed by atoms with E-state index < -0.39 is 0 Å². The average Bonchev–Trinajstić information content (AvgIpc) is 2.45. The van der Waals surface area contributed by atoms with Gasteiger partial charge in [0.15, 0.2) is 0 Å². The molecular formula is C17H20N2O2. The number of rotatable bonds is 5. The number of anilines is 2. The highest BCUT2D eigenvalue weighted by Gasteiger charge is 2.09. The lowest BCUT2D eigenvalue weighted by Crippen LogP contribution is -2.10. The van der Waals surface area contributed by atoms with E-state index in [-0.39, 0.29) is 17.7 Å². The van der Waals surface area contributed by atoms with Crippen molar-refractivity contribution in [3.05, 3.63) is 54.1 Å². The molecule has 0 saturated heterocycles. The molecule has 1 amide bonds. The Morgan fingerprint density at radius 2 is 1.81 bits per heavy atom. The number of nitrogens with one attached hydrogen (secondary N) is 2. The van der Waals surface area contributed by atoms with E-state index in [1.165, 1.54) is 6.92 Å². The summed E-state index contributed by atoms with van der Waals surface area (Å²) in [6, 6.07) is 15.0. The van der Waals surface area contributed by atoms with E-state index in [0.29, 0.717) is 0 Å². The van der Waals surface area contributed by atoms with E-state index in [1.807, 2.05) is 36.4 Å². The van der Waals surface area contributed by atoms with Crippen molar-refractivity contribution in [3.8, 4) is 5.75 Å². The second kappa shape index (κ2) is 6.79. The Kier molecular flexibility index (Phi) is 4.82. The van der Waals surface area contributed by atoms with Gasteiger partial charge in [-0.25, -0.2) is 0 Å². The van der Waals surface area contributed by atoms with Gasteiger partial charge in [0.05, 0.1) is 6.04 Å². The number of amides is 1. The van der Waals surface area contributed by atoms with Crippen LogP contribution in [0.25, 0.3) is 0 Å². The maximum atomic E-state index is 11.1. The van der Waals surface area contributed by atoms with Crippen molar-refractivity contribution in [2.75, 3.05) is 10.6 Å². The van der Waals surface area contributed by atoms with Crippen LogP contribution in [0.1, 0.15) is 31.9 Å².